The second-order valence-electron chi connectivity index (χ2n) is 6.65. The van der Waals surface area contributed by atoms with E-state index in [1.54, 1.807) is 25.5 Å². The fraction of sp³-hybridized carbons (Fsp3) is 0.0952. The molecule has 2 aromatic carbocycles. The van der Waals surface area contributed by atoms with Crippen molar-refractivity contribution in [2.75, 3.05) is 7.05 Å². The van der Waals surface area contributed by atoms with Gasteiger partial charge in [0.1, 0.15) is 0 Å². The number of aromatic nitrogens is 4. The smallest absolute Gasteiger partial charge is 0.316 e. The molecule has 1 amide bonds. The second kappa shape index (κ2) is 8.71. The molecule has 0 unspecified atom stereocenters. The molecule has 1 N–H and O–H groups in total. The van der Waals surface area contributed by atoms with Gasteiger partial charge in [-0.15, -0.1) is 0 Å². The Morgan fingerprint density at radius 1 is 1.03 bits per heavy atom. The van der Waals surface area contributed by atoms with Crippen molar-refractivity contribution in [3.05, 3.63) is 76.4 Å². The maximum absolute atomic E-state index is 12.7. The Kier molecular flexibility index (Phi) is 5.83. The van der Waals surface area contributed by atoms with Gasteiger partial charge in [0.2, 0.25) is 5.82 Å². The lowest BCUT2D eigenvalue weighted by molar-refractivity contribution is 0.0735. The Morgan fingerprint density at radius 3 is 2.45 bits per heavy atom. The Labute approximate surface area is 187 Å². The first-order chi connectivity index (χ1) is 14.9. The van der Waals surface area contributed by atoms with E-state index in [9.17, 15) is 9.90 Å². The highest BCUT2D eigenvalue weighted by molar-refractivity contribution is 6.37. The van der Waals surface area contributed by atoms with E-state index in [0.29, 0.717) is 17.9 Å². The third-order valence-corrected chi connectivity index (χ3v) is 4.98. The lowest BCUT2D eigenvalue weighted by Gasteiger charge is -2.15. The number of nitrogens with zero attached hydrogens (tertiary/aromatic N) is 5. The zero-order valence-electron chi connectivity index (χ0n) is 16.2. The molecule has 4 rings (SSSR count). The van der Waals surface area contributed by atoms with E-state index in [-0.39, 0.29) is 27.5 Å². The van der Waals surface area contributed by atoms with Crippen molar-refractivity contribution in [3.63, 3.8) is 0 Å². The summed E-state index contributed by atoms with van der Waals surface area (Å²) in [6.07, 6.45) is 3.35. The number of hydrogen-bond acceptors (Lipinski definition) is 7. The lowest BCUT2D eigenvalue weighted by Crippen LogP contribution is -2.26. The molecule has 0 atom stereocenters. The molecule has 0 aliphatic rings. The number of halogens is 2. The van der Waals surface area contributed by atoms with Gasteiger partial charge in [-0.25, -0.2) is 9.97 Å². The molecule has 156 valence electrons. The number of amides is 1. The molecule has 8 nitrogen and oxygen atoms in total. The Morgan fingerprint density at radius 2 is 1.74 bits per heavy atom. The van der Waals surface area contributed by atoms with Crippen LogP contribution in [0.25, 0.3) is 22.8 Å². The fourth-order valence-electron chi connectivity index (χ4n) is 2.89. The van der Waals surface area contributed by atoms with Gasteiger partial charge < -0.3 is 14.5 Å². The summed E-state index contributed by atoms with van der Waals surface area (Å²) in [7, 11) is 1.63. The third kappa shape index (κ3) is 4.50. The van der Waals surface area contributed by atoms with Gasteiger partial charge in [0.15, 0.2) is 11.6 Å². The summed E-state index contributed by atoms with van der Waals surface area (Å²) < 4.78 is 5.12. The predicted octanol–water partition coefficient (Wildman–Crippen LogP) is 4.48. The molecule has 0 aliphatic heterocycles. The predicted molar refractivity (Wildman–Crippen MR) is 115 cm³/mol. The van der Waals surface area contributed by atoms with Crippen molar-refractivity contribution in [2.45, 2.75) is 6.54 Å². The minimum absolute atomic E-state index is 0.0413. The van der Waals surface area contributed by atoms with Gasteiger partial charge in [-0.3, -0.25) is 4.79 Å². The molecule has 0 saturated carbocycles. The molecule has 0 fully saturated rings. The first-order valence-electron chi connectivity index (χ1n) is 9.06. The van der Waals surface area contributed by atoms with Crippen LogP contribution in [-0.4, -0.2) is 43.1 Å². The zero-order valence-corrected chi connectivity index (χ0v) is 17.7. The SMILES string of the molecule is CN(Cc1cccc(-c2ncccn2)c1)C(=O)c1nc(-c2cc(Cl)c(O)c(Cl)c2)no1. The highest BCUT2D eigenvalue weighted by Crippen LogP contribution is 2.35. The molecule has 0 saturated heterocycles. The summed E-state index contributed by atoms with van der Waals surface area (Å²) in [5.41, 5.74) is 2.14. The van der Waals surface area contributed by atoms with Crippen molar-refractivity contribution in [3.8, 4) is 28.5 Å². The zero-order chi connectivity index (χ0) is 22.0. The molecule has 0 aliphatic carbocycles. The normalized spacial score (nSPS) is 10.8. The van der Waals surface area contributed by atoms with E-state index in [1.807, 2.05) is 24.3 Å². The topological polar surface area (TPSA) is 105 Å². The van der Waals surface area contributed by atoms with Crippen LogP contribution in [0.2, 0.25) is 10.0 Å². The van der Waals surface area contributed by atoms with Crippen molar-refractivity contribution >= 4 is 29.1 Å². The number of phenolic OH excluding ortho intramolecular Hbond substituents is 1. The van der Waals surface area contributed by atoms with Gasteiger partial charge in [0.25, 0.3) is 0 Å². The van der Waals surface area contributed by atoms with E-state index in [1.165, 1.54) is 17.0 Å². The minimum atomic E-state index is -0.448. The number of rotatable bonds is 5. The van der Waals surface area contributed by atoms with Gasteiger partial charge in [-0.05, 0) is 29.8 Å². The van der Waals surface area contributed by atoms with Crippen molar-refractivity contribution in [1.29, 1.82) is 0 Å². The lowest BCUT2D eigenvalue weighted by atomic mass is 10.1. The van der Waals surface area contributed by atoms with Crippen LogP contribution in [0.1, 0.15) is 16.2 Å². The summed E-state index contributed by atoms with van der Waals surface area (Å²) in [4.78, 5) is 26.8. The summed E-state index contributed by atoms with van der Waals surface area (Å²) in [6.45, 7) is 0.314. The molecular weight excluding hydrogens is 441 g/mol. The van der Waals surface area contributed by atoms with Crippen LogP contribution < -0.4 is 0 Å². The van der Waals surface area contributed by atoms with Crippen molar-refractivity contribution < 1.29 is 14.4 Å². The standard InChI is InChI=1S/C21H15Cl2N5O3/c1-28(11-12-4-2-5-13(8-12)18-24-6-3-7-25-18)21(30)20-26-19(27-31-20)14-9-15(22)17(29)16(23)10-14/h2-10,29H,11H2,1H3. The molecule has 4 aromatic rings. The van der Waals surface area contributed by atoms with Crippen molar-refractivity contribution in [1.82, 2.24) is 25.0 Å². The van der Waals surface area contributed by atoms with Crippen LogP contribution in [0.5, 0.6) is 5.75 Å². The van der Waals surface area contributed by atoms with Crippen molar-refractivity contribution in [2.24, 2.45) is 0 Å². The van der Waals surface area contributed by atoms with Crippen LogP contribution in [-0.2, 0) is 6.54 Å². The summed E-state index contributed by atoms with van der Waals surface area (Å²) in [5.74, 6) is -0.138. The third-order valence-electron chi connectivity index (χ3n) is 4.40. The Balaban J connectivity index is 1.51. The van der Waals surface area contributed by atoms with E-state index < -0.39 is 5.91 Å². The molecule has 10 heteroatoms. The first kappa shape index (κ1) is 20.8. The van der Waals surface area contributed by atoms with Crippen LogP contribution in [0.3, 0.4) is 0 Å². The highest BCUT2D eigenvalue weighted by atomic mass is 35.5. The van der Waals surface area contributed by atoms with E-state index in [0.717, 1.165) is 11.1 Å². The Bertz CT molecular complexity index is 1220. The first-order valence-corrected chi connectivity index (χ1v) is 9.82. The molecule has 0 spiro atoms. The number of benzene rings is 2. The molecular formula is C21H15Cl2N5O3. The van der Waals surface area contributed by atoms with Crippen LogP contribution in [0.4, 0.5) is 0 Å². The second-order valence-corrected chi connectivity index (χ2v) is 7.46. The van der Waals surface area contributed by atoms with Gasteiger partial charge in [0.05, 0.1) is 10.0 Å². The van der Waals surface area contributed by atoms with Gasteiger partial charge in [-0.2, -0.15) is 4.98 Å². The average molecular weight is 456 g/mol. The van der Waals surface area contributed by atoms with Crippen LogP contribution in [0, 0.1) is 0 Å². The summed E-state index contributed by atoms with van der Waals surface area (Å²) in [5, 5.41) is 13.6. The molecule has 31 heavy (non-hydrogen) atoms. The van der Waals surface area contributed by atoms with E-state index >= 15 is 0 Å². The maximum Gasteiger partial charge on any atom is 0.316 e. The fourth-order valence-corrected chi connectivity index (χ4v) is 3.38. The molecule has 0 bridgehead atoms. The maximum atomic E-state index is 12.7. The summed E-state index contributed by atoms with van der Waals surface area (Å²) in [6, 6.07) is 12.2. The average Bonchev–Trinajstić information content (AvgIpc) is 3.27. The molecule has 2 aromatic heterocycles. The van der Waals surface area contributed by atoms with Crippen LogP contribution >= 0.6 is 23.2 Å². The molecule has 2 heterocycles. The van der Waals surface area contributed by atoms with E-state index in [2.05, 4.69) is 20.1 Å². The number of carbonyl (C=O) groups is 1. The number of hydrogen-bond donors (Lipinski definition) is 1. The van der Waals surface area contributed by atoms with Crippen LogP contribution in [0.15, 0.2) is 59.4 Å². The Hall–Kier alpha value is -3.49. The number of aromatic hydroxyl groups is 1. The van der Waals surface area contributed by atoms with Gasteiger partial charge in [-0.1, -0.05) is 46.6 Å². The van der Waals surface area contributed by atoms with Gasteiger partial charge in [0, 0.05) is 37.1 Å². The van der Waals surface area contributed by atoms with Gasteiger partial charge >= 0.3 is 11.8 Å². The number of carbonyl (C=O) groups excluding carboxylic acids is 1. The minimum Gasteiger partial charge on any atom is -0.505 e. The highest BCUT2D eigenvalue weighted by Gasteiger charge is 2.21. The van der Waals surface area contributed by atoms with E-state index in [4.69, 9.17) is 27.7 Å². The quantitative estimate of drug-likeness (QED) is 0.472. The number of phenols is 1. The largest absolute Gasteiger partial charge is 0.505 e. The summed E-state index contributed by atoms with van der Waals surface area (Å²) >= 11 is 11.9. The monoisotopic (exact) mass is 455 g/mol. The molecule has 0 radical (unpaired) electrons.